The highest BCUT2D eigenvalue weighted by atomic mass is 16.7. The van der Waals surface area contributed by atoms with Gasteiger partial charge in [0.15, 0.2) is 17.2 Å². The number of amides is 2. The predicted octanol–water partition coefficient (Wildman–Crippen LogP) is 0.436. The summed E-state index contributed by atoms with van der Waals surface area (Å²) in [5.41, 5.74) is 15.2. The molecular weight excluding hydrogens is 472 g/mol. The Hall–Kier alpha value is -5.47. The maximum atomic E-state index is 12.9. The van der Waals surface area contributed by atoms with Crippen molar-refractivity contribution in [3.8, 4) is 17.3 Å². The van der Waals surface area contributed by atoms with Crippen LogP contribution in [0.5, 0.6) is 11.5 Å². The third-order valence-corrected chi connectivity index (χ3v) is 5.09. The molecule has 0 aliphatic carbocycles. The smallest absolute Gasteiger partial charge is 0.293 e. The molecule has 4 aromatic rings. The van der Waals surface area contributed by atoms with Crippen LogP contribution in [-0.4, -0.2) is 50.1 Å². The van der Waals surface area contributed by atoms with E-state index in [1.807, 2.05) is 0 Å². The minimum atomic E-state index is -0.659. The van der Waals surface area contributed by atoms with Crippen molar-refractivity contribution in [1.29, 1.82) is 0 Å². The van der Waals surface area contributed by atoms with Crippen LogP contribution in [0.1, 0.15) is 32.1 Å². The van der Waals surface area contributed by atoms with E-state index in [4.69, 9.17) is 20.9 Å². The number of hydrogen-bond donors (Lipinski definition) is 4. The Labute approximate surface area is 202 Å². The first-order valence-corrected chi connectivity index (χ1v) is 10.4. The molecule has 15 heteroatoms. The number of nitrogens with zero attached hydrogens (tertiary/aromatic N) is 6. The Morgan fingerprint density at radius 1 is 1.14 bits per heavy atom. The molecule has 3 heterocycles. The second-order valence-corrected chi connectivity index (χ2v) is 7.34. The molecule has 5 rings (SSSR count). The van der Waals surface area contributed by atoms with E-state index in [1.165, 1.54) is 10.9 Å². The van der Waals surface area contributed by atoms with Gasteiger partial charge in [-0.15, -0.1) is 5.10 Å². The van der Waals surface area contributed by atoms with Crippen LogP contribution in [0.2, 0.25) is 0 Å². The van der Waals surface area contributed by atoms with Crippen molar-refractivity contribution >= 4 is 29.5 Å². The lowest BCUT2D eigenvalue weighted by molar-refractivity contribution is 0.0947. The SMILES string of the molecule is NC(=O)c1ccccc1NCc1c(C(=O)N/N=C/c2ccc3c(c2)OCO3)nnn1-c1nonc1N. The van der Waals surface area contributed by atoms with Gasteiger partial charge in [-0.2, -0.15) is 9.78 Å². The van der Waals surface area contributed by atoms with E-state index in [0.29, 0.717) is 22.7 Å². The topological polar surface area (TPSA) is 211 Å². The van der Waals surface area contributed by atoms with Gasteiger partial charge in [0.25, 0.3) is 11.8 Å². The first-order chi connectivity index (χ1) is 17.5. The van der Waals surface area contributed by atoms with E-state index in [-0.39, 0.29) is 41.9 Å². The maximum Gasteiger partial charge on any atom is 0.293 e. The third kappa shape index (κ3) is 4.35. The number of nitrogens with two attached hydrogens (primary N) is 2. The predicted molar refractivity (Wildman–Crippen MR) is 124 cm³/mol. The number of benzene rings is 2. The van der Waals surface area contributed by atoms with Crippen LogP contribution in [0.3, 0.4) is 0 Å². The van der Waals surface area contributed by atoms with Crippen LogP contribution in [0, 0.1) is 0 Å². The first kappa shape index (κ1) is 22.3. The van der Waals surface area contributed by atoms with Gasteiger partial charge in [-0.1, -0.05) is 17.3 Å². The van der Waals surface area contributed by atoms with Crippen LogP contribution in [0.4, 0.5) is 11.5 Å². The molecule has 36 heavy (non-hydrogen) atoms. The molecule has 2 aromatic heterocycles. The lowest BCUT2D eigenvalue weighted by Gasteiger charge is -2.11. The Balaban J connectivity index is 1.39. The van der Waals surface area contributed by atoms with Gasteiger partial charge in [-0.3, -0.25) is 9.59 Å². The number of hydrazone groups is 1. The van der Waals surface area contributed by atoms with Gasteiger partial charge < -0.3 is 26.3 Å². The van der Waals surface area contributed by atoms with Gasteiger partial charge in [0.2, 0.25) is 18.4 Å². The van der Waals surface area contributed by atoms with Crippen molar-refractivity contribution < 1.29 is 23.7 Å². The van der Waals surface area contributed by atoms with Crippen molar-refractivity contribution in [3.05, 3.63) is 65.0 Å². The lowest BCUT2D eigenvalue weighted by Crippen LogP contribution is -2.22. The number of fused-ring (bicyclic) bond motifs is 1. The summed E-state index contributed by atoms with van der Waals surface area (Å²) in [6.07, 6.45) is 1.44. The zero-order valence-electron chi connectivity index (χ0n) is 18.4. The molecule has 0 bridgehead atoms. The fraction of sp³-hybridized carbons (Fsp3) is 0.0952. The van der Waals surface area contributed by atoms with Crippen molar-refractivity contribution in [3.63, 3.8) is 0 Å². The Bertz CT molecular complexity index is 1480. The molecule has 0 fully saturated rings. The highest BCUT2D eigenvalue weighted by molar-refractivity contribution is 5.98. The Kier molecular flexibility index (Phi) is 5.84. The second-order valence-electron chi connectivity index (χ2n) is 7.34. The molecule has 0 saturated carbocycles. The molecule has 0 saturated heterocycles. The molecule has 6 N–H and O–H groups in total. The van der Waals surface area contributed by atoms with Gasteiger partial charge in [0.1, 0.15) is 0 Å². The number of hydrogen-bond acceptors (Lipinski definition) is 12. The Morgan fingerprint density at radius 3 is 2.78 bits per heavy atom. The molecule has 0 radical (unpaired) electrons. The average Bonchev–Trinajstić information content (AvgIpc) is 3.61. The van der Waals surface area contributed by atoms with E-state index >= 15 is 0 Å². The summed E-state index contributed by atoms with van der Waals surface area (Å²) in [7, 11) is 0. The minimum absolute atomic E-state index is 0.0157. The second kappa shape index (κ2) is 9.41. The minimum Gasteiger partial charge on any atom is -0.454 e. The molecule has 0 atom stereocenters. The van der Waals surface area contributed by atoms with Crippen LogP contribution in [0.25, 0.3) is 5.82 Å². The number of ether oxygens (including phenoxy) is 2. The highest BCUT2D eigenvalue weighted by Gasteiger charge is 2.24. The molecule has 1 aliphatic rings. The van der Waals surface area contributed by atoms with Crippen LogP contribution in [-0.2, 0) is 6.54 Å². The number of anilines is 2. The molecule has 0 unspecified atom stereocenters. The van der Waals surface area contributed by atoms with E-state index in [2.05, 4.69) is 41.1 Å². The summed E-state index contributed by atoms with van der Waals surface area (Å²) < 4.78 is 16.4. The largest absolute Gasteiger partial charge is 0.454 e. The maximum absolute atomic E-state index is 12.9. The quantitative estimate of drug-likeness (QED) is 0.196. The first-order valence-electron chi connectivity index (χ1n) is 10.4. The molecule has 1 aliphatic heterocycles. The van der Waals surface area contributed by atoms with Crippen molar-refractivity contribution in [2.75, 3.05) is 17.8 Å². The van der Waals surface area contributed by atoms with Gasteiger partial charge in [0.05, 0.1) is 24.0 Å². The number of para-hydroxylation sites is 1. The van der Waals surface area contributed by atoms with Crippen molar-refractivity contribution in [2.24, 2.45) is 10.8 Å². The lowest BCUT2D eigenvalue weighted by atomic mass is 10.1. The van der Waals surface area contributed by atoms with Gasteiger partial charge in [-0.25, -0.2) is 10.1 Å². The van der Waals surface area contributed by atoms with Gasteiger partial charge in [0, 0.05) is 5.69 Å². The van der Waals surface area contributed by atoms with E-state index in [9.17, 15) is 9.59 Å². The molecule has 15 nitrogen and oxygen atoms in total. The summed E-state index contributed by atoms with van der Waals surface area (Å²) in [5.74, 6) is -0.100. The fourth-order valence-electron chi connectivity index (χ4n) is 3.39. The fourth-order valence-corrected chi connectivity index (χ4v) is 3.39. The van der Waals surface area contributed by atoms with E-state index in [0.717, 1.165) is 0 Å². The van der Waals surface area contributed by atoms with Crippen LogP contribution in [0.15, 0.2) is 52.2 Å². The zero-order valence-corrected chi connectivity index (χ0v) is 18.4. The van der Waals surface area contributed by atoms with Crippen LogP contribution >= 0.6 is 0 Å². The molecule has 2 aromatic carbocycles. The molecule has 182 valence electrons. The van der Waals surface area contributed by atoms with Gasteiger partial charge in [-0.05, 0) is 46.2 Å². The summed E-state index contributed by atoms with van der Waals surface area (Å²) in [4.78, 5) is 24.7. The number of rotatable bonds is 8. The van der Waals surface area contributed by atoms with Crippen molar-refractivity contribution in [1.82, 2.24) is 30.7 Å². The molecule has 2 amide bonds. The van der Waals surface area contributed by atoms with E-state index in [1.54, 1.807) is 42.5 Å². The third-order valence-electron chi connectivity index (χ3n) is 5.09. The average molecular weight is 490 g/mol. The molecule has 0 spiro atoms. The number of nitrogens with one attached hydrogen (secondary N) is 2. The standard InChI is InChI=1S/C21H18N10O5/c22-18-20(29-36-28-18)31-14(9-24-13-4-2-1-3-12(13)19(23)32)17(26-30-31)21(33)27-25-8-11-5-6-15-16(7-11)35-10-34-15/h1-8,24H,9-10H2,(H2,22,28)(H2,23,32)(H,27,33)/b25-8+. The summed E-state index contributed by atoms with van der Waals surface area (Å²) >= 11 is 0. The number of primary amides is 1. The van der Waals surface area contributed by atoms with Crippen LogP contribution < -0.4 is 31.7 Å². The summed E-state index contributed by atoms with van der Waals surface area (Å²) in [6.45, 7) is 0.132. The number of nitrogen functional groups attached to an aromatic ring is 1. The number of carbonyl (C=O) groups is 2. The van der Waals surface area contributed by atoms with E-state index < -0.39 is 11.8 Å². The monoisotopic (exact) mass is 490 g/mol. The normalized spacial score (nSPS) is 12.1. The van der Waals surface area contributed by atoms with Gasteiger partial charge >= 0.3 is 0 Å². The summed E-state index contributed by atoms with van der Waals surface area (Å²) in [6, 6.07) is 11.8. The number of aromatic nitrogens is 5. The zero-order chi connectivity index (χ0) is 25.1. The van der Waals surface area contributed by atoms with Crippen molar-refractivity contribution in [2.45, 2.75) is 6.54 Å². The number of carbonyl (C=O) groups excluding carboxylic acids is 2. The Morgan fingerprint density at radius 2 is 1.97 bits per heavy atom. The molecular formula is C21H18N10O5. The highest BCUT2D eigenvalue weighted by Crippen LogP contribution is 2.32. The summed E-state index contributed by atoms with van der Waals surface area (Å²) in [5, 5.41) is 22.2.